The quantitative estimate of drug-likeness (QED) is 0.153. The summed E-state index contributed by atoms with van der Waals surface area (Å²) in [5, 5.41) is 4.95. The van der Waals surface area contributed by atoms with Crippen LogP contribution in [0.3, 0.4) is 0 Å². The molecule has 0 radical (unpaired) electrons. The van der Waals surface area contributed by atoms with Gasteiger partial charge in [-0.25, -0.2) is 0 Å². The van der Waals surface area contributed by atoms with Gasteiger partial charge in [0.1, 0.15) is 5.75 Å². The molecule has 214 valence electrons. The van der Waals surface area contributed by atoms with Crippen molar-refractivity contribution < 1.29 is 9.47 Å². The zero-order valence-electron chi connectivity index (χ0n) is 25.3. The molecule has 3 fully saturated rings. The van der Waals surface area contributed by atoms with Crippen LogP contribution in [0.1, 0.15) is 96.0 Å². The maximum atomic E-state index is 7.40. The molecule has 3 aliphatic rings. The molecule has 6 unspecified atom stereocenters. The minimum absolute atomic E-state index is 0.0801. The standard InChI is InChI=1S/C39H46O2/c1-25(2)20-35(26(3)4)27-15-17-32(18-16-27)40-38(41-39-19-9-12-30-22-31(23-39)36(30)24-39)37-33-13-7-5-10-28(33)21-29-11-6-8-14-34(29)37/h5-8,10-11,13-18,21,25-26,30-31,35-36,38H,9,12,19-20,22-24H2,1-4H3. The van der Waals surface area contributed by atoms with E-state index in [2.05, 4.69) is 107 Å². The average Bonchev–Trinajstić information content (AvgIpc) is 3.14. The van der Waals surface area contributed by atoms with E-state index in [1.54, 1.807) is 0 Å². The highest BCUT2D eigenvalue weighted by molar-refractivity contribution is 6.02. The maximum Gasteiger partial charge on any atom is 0.228 e. The van der Waals surface area contributed by atoms with Gasteiger partial charge in [-0.15, -0.1) is 0 Å². The molecule has 0 aromatic heterocycles. The zero-order valence-corrected chi connectivity index (χ0v) is 25.3. The van der Waals surface area contributed by atoms with E-state index in [0.29, 0.717) is 17.8 Å². The van der Waals surface area contributed by atoms with E-state index in [1.165, 1.54) is 71.2 Å². The van der Waals surface area contributed by atoms with E-state index in [-0.39, 0.29) is 5.60 Å². The van der Waals surface area contributed by atoms with Crippen LogP contribution in [0.15, 0.2) is 78.9 Å². The first-order valence-corrected chi connectivity index (χ1v) is 16.2. The van der Waals surface area contributed by atoms with E-state index < -0.39 is 6.29 Å². The molecule has 4 aromatic rings. The van der Waals surface area contributed by atoms with Crippen molar-refractivity contribution in [3.05, 3.63) is 90.0 Å². The SMILES string of the molecule is CC(C)CC(c1ccc(OC(OC23CCCC4CC(C2)C4C3)c2c3ccccc3cc3ccccc23)cc1)C(C)C. The topological polar surface area (TPSA) is 18.5 Å². The molecule has 2 heteroatoms. The first kappa shape index (κ1) is 27.0. The molecule has 3 saturated carbocycles. The van der Waals surface area contributed by atoms with Gasteiger partial charge in [-0.2, -0.15) is 0 Å². The van der Waals surface area contributed by atoms with Crippen molar-refractivity contribution >= 4 is 21.5 Å². The number of hydrogen-bond donors (Lipinski definition) is 0. The van der Waals surface area contributed by atoms with Crippen LogP contribution in [-0.2, 0) is 4.74 Å². The van der Waals surface area contributed by atoms with Crippen molar-refractivity contribution in [2.24, 2.45) is 29.6 Å². The third-order valence-electron chi connectivity index (χ3n) is 10.8. The van der Waals surface area contributed by atoms with Gasteiger partial charge in [0.05, 0.1) is 5.60 Å². The molecule has 0 amide bonds. The van der Waals surface area contributed by atoms with Crippen molar-refractivity contribution in [3.63, 3.8) is 0 Å². The Hall–Kier alpha value is -2.84. The number of rotatable bonds is 9. The fourth-order valence-electron chi connectivity index (χ4n) is 8.75. The molecule has 0 heterocycles. The van der Waals surface area contributed by atoms with E-state index >= 15 is 0 Å². The van der Waals surface area contributed by atoms with Crippen LogP contribution >= 0.6 is 0 Å². The molecule has 7 rings (SSSR count). The van der Waals surface area contributed by atoms with Gasteiger partial charge in [0.15, 0.2) is 0 Å². The van der Waals surface area contributed by atoms with Crippen molar-refractivity contribution in [2.75, 3.05) is 0 Å². The summed E-state index contributed by atoms with van der Waals surface area (Å²) in [7, 11) is 0. The smallest absolute Gasteiger partial charge is 0.228 e. The lowest BCUT2D eigenvalue weighted by molar-refractivity contribution is -0.177. The van der Waals surface area contributed by atoms with E-state index in [9.17, 15) is 0 Å². The first-order valence-electron chi connectivity index (χ1n) is 16.2. The molecule has 4 aromatic carbocycles. The highest BCUT2D eigenvalue weighted by atomic mass is 16.7. The Morgan fingerprint density at radius 3 is 2.15 bits per heavy atom. The van der Waals surface area contributed by atoms with Crippen LogP contribution in [0, 0.1) is 29.6 Å². The number of ether oxygens (including phenoxy) is 2. The Morgan fingerprint density at radius 2 is 1.49 bits per heavy atom. The average molecular weight is 547 g/mol. The summed E-state index contributed by atoms with van der Waals surface area (Å²) < 4.78 is 14.4. The van der Waals surface area contributed by atoms with Crippen LogP contribution in [0.25, 0.3) is 21.5 Å². The van der Waals surface area contributed by atoms with Crippen LogP contribution in [-0.4, -0.2) is 5.60 Å². The molecule has 41 heavy (non-hydrogen) atoms. The Balaban J connectivity index is 1.29. The number of benzene rings is 4. The second-order valence-corrected chi connectivity index (χ2v) is 14.3. The summed E-state index contributed by atoms with van der Waals surface area (Å²) >= 11 is 0. The predicted octanol–water partition coefficient (Wildman–Crippen LogP) is 10.8. The number of fused-ring (bicyclic) bond motifs is 3. The fraction of sp³-hybridized carbons (Fsp3) is 0.487. The summed E-state index contributed by atoms with van der Waals surface area (Å²) in [6.07, 6.45) is 8.37. The monoisotopic (exact) mass is 546 g/mol. The third kappa shape index (κ3) is 5.07. The van der Waals surface area contributed by atoms with Gasteiger partial charge in [0, 0.05) is 5.56 Å². The van der Waals surface area contributed by atoms with Crippen molar-refractivity contribution in [2.45, 2.75) is 90.4 Å². The van der Waals surface area contributed by atoms with Crippen LogP contribution < -0.4 is 4.74 Å². The van der Waals surface area contributed by atoms with Gasteiger partial charge in [-0.1, -0.05) is 101 Å². The Morgan fingerprint density at radius 1 is 0.805 bits per heavy atom. The molecular formula is C39H46O2. The summed E-state index contributed by atoms with van der Waals surface area (Å²) in [5.74, 6) is 5.37. The third-order valence-corrected chi connectivity index (χ3v) is 10.8. The van der Waals surface area contributed by atoms with Crippen LogP contribution in [0.2, 0.25) is 0 Å². The van der Waals surface area contributed by atoms with Crippen molar-refractivity contribution in [1.29, 1.82) is 0 Å². The molecule has 6 atom stereocenters. The van der Waals surface area contributed by atoms with Crippen LogP contribution in [0.4, 0.5) is 0 Å². The maximum absolute atomic E-state index is 7.40. The van der Waals surface area contributed by atoms with Gasteiger partial charge in [0.25, 0.3) is 0 Å². The van der Waals surface area contributed by atoms with Gasteiger partial charge < -0.3 is 9.47 Å². The number of hydrogen-bond acceptors (Lipinski definition) is 2. The molecule has 0 spiro atoms. The summed E-state index contributed by atoms with van der Waals surface area (Å²) in [6, 6.07) is 28.8. The molecule has 0 saturated heterocycles. The molecular weight excluding hydrogens is 500 g/mol. The van der Waals surface area contributed by atoms with E-state index in [0.717, 1.165) is 29.9 Å². The fourth-order valence-corrected chi connectivity index (χ4v) is 8.75. The Labute approximate surface area is 246 Å². The van der Waals surface area contributed by atoms with Crippen LogP contribution in [0.5, 0.6) is 5.75 Å². The first-order chi connectivity index (χ1) is 19.9. The minimum Gasteiger partial charge on any atom is -0.461 e. The van der Waals surface area contributed by atoms with Crippen molar-refractivity contribution in [1.82, 2.24) is 0 Å². The lowest BCUT2D eigenvalue weighted by atomic mass is 9.65. The molecule has 0 aliphatic heterocycles. The Bertz CT molecular complexity index is 1460. The lowest BCUT2D eigenvalue weighted by Crippen LogP contribution is -2.34. The second kappa shape index (κ2) is 10.8. The molecule has 0 N–H and O–H groups in total. The van der Waals surface area contributed by atoms with E-state index in [4.69, 9.17) is 9.47 Å². The minimum atomic E-state index is -0.456. The highest BCUT2D eigenvalue weighted by Crippen LogP contribution is 2.62. The summed E-state index contributed by atoms with van der Waals surface area (Å²) in [6.45, 7) is 9.35. The van der Waals surface area contributed by atoms with Gasteiger partial charge in [-0.05, 0) is 113 Å². The summed E-state index contributed by atoms with van der Waals surface area (Å²) in [5.41, 5.74) is 2.51. The van der Waals surface area contributed by atoms with Gasteiger partial charge >= 0.3 is 0 Å². The highest BCUT2D eigenvalue weighted by Gasteiger charge is 2.57. The Kier molecular flexibility index (Phi) is 7.10. The van der Waals surface area contributed by atoms with Gasteiger partial charge in [0.2, 0.25) is 6.29 Å². The predicted molar refractivity (Wildman–Crippen MR) is 170 cm³/mol. The molecule has 2 nitrogen and oxygen atoms in total. The van der Waals surface area contributed by atoms with Gasteiger partial charge in [-0.3, -0.25) is 0 Å². The van der Waals surface area contributed by atoms with E-state index in [1.807, 2.05) is 0 Å². The lowest BCUT2D eigenvalue weighted by Gasteiger charge is -2.41. The normalized spacial score (nSPS) is 26.7. The zero-order chi connectivity index (χ0) is 28.1. The largest absolute Gasteiger partial charge is 0.461 e. The molecule has 3 aliphatic carbocycles. The second-order valence-electron chi connectivity index (χ2n) is 14.3. The molecule has 2 bridgehead atoms. The summed E-state index contributed by atoms with van der Waals surface area (Å²) in [4.78, 5) is 0. The van der Waals surface area contributed by atoms with Crippen molar-refractivity contribution in [3.8, 4) is 5.75 Å².